The highest BCUT2D eigenvalue weighted by atomic mass is 16.5. The van der Waals surface area contributed by atoms with E-state index in [0.29, 0.717) is 12.1 Å². The van der Waals surface area contributed by atoms with Gasteiger partial charge in [-0.05, 0) is 25.7 Å². The quantitative estimate of drug-likeness (QED) is 0.822. The van der Waals surface area contributed by atoms with Gasteiger partial charge in [-0.1, -0.05) is 5.16 Å². The van der Waals surface area contributed by atoms with Crippen LogP contribution in [0, 0.1) is 0 Å². The van der Waals surface area contributed by atoms with Crippen molar-refractivity contribution in [1.29, 1.82) is 0 Å². The number of nitrogens with zero attached hydrogens (tertiary/aromatic N) is 1. The highest BCUT2D eigenvalue weighted by Gasteiger charge is 2.21. The number of rotatable bonds is 4. The number of hydrogen-bond acceptors (Lipinski definition) is 4. The summed E-state index contributed by atoms with van der Waals surface area (Å²) in [5.74, 6) is 0.898. The van der Waals surface area contributed by atoms with E-state index in [1.807, 2.05) is 6.07 Å². The molecule has 1 aliphatic carbocycles. The Morgan fingerprint density at radius 3 is 3.27 bits per heavy atom. The van der Waals surface area contributed by atoms with Crippen LogP contribution in [0.15, 0.2) is 16.8 Å². The molecule has 84 valence electrons. The van der Waals surface area contributed by atoms with Crippen LogP contribution in [0.4, 0.5) is 0 Å². The summed E-state index contributed by atoms with van der Waals surface area (Å²) in [6.45, 7) is 0.765. The zero-order valence-electron chi connectivity index (χ0n) is 9.11. The topological polar surface area (TPSA) is 47.3 Å². The molecule has 0 radical (unpaired) electrons. The standard InChI is InChI=1S/C11H18N2O2/c1-14-10-4-2-3-9(7-10)12-8-11-5-6-13-15-11/h5-6,9-10,12H,2-4,7-8H2,1H3. The van der Waals surface area contributed by atoms with Gasteiger partial charge in [0.15, 0.2) is 0 Å². The van der Waals surface area contributed by atoms with E-state index in [1.165, 1.54) is 19.3 Å². The normalized spacial score (nSPS) is 26.7. The van der Waals surface area contributed by atoms with Crippen LogP contribution < -0.4 is 5.32 Å². The Morgan fingerprint density at radius 2 is 2.53 bits per heavy atom. The molecule has 2 rings (SSSR count). The third-order valence-electron chi connectivity index (χ3n) is 3.02. The molecule has 1 heterocycles. The van der Waals surface area contributed by atoms with Gasteiger partial charge in [-0.3, -0.25) is 0 Å². The molecular weight excluding hydrogens is 192 g/mol. The fraction of sp³-hybridized carbons (Fsp3) is 0.727. The molecule has 0 saturated heterocycles. The van der Waals surface area contributed by atoms with Gasteiger partial charge in [-0.2, -0.15) is 0 Å². The molecule has 1 saturated carbocycles. The molecule has 1 fully saturated rings. The molecule has 0 bridgehead atoms. The second kappa shape index (κ2) is 5.28. The highest BCUT2D eigenvalue weighted by molar-refractivity contribution is 4.93. The minimum atomic E-state index is 0.422. The Bertz CT molecular complexity index is 274. The average molecular weight is 210 g/mol. The van der Waals surface area contributed by atoms with Gasteiger partial charge < -0.3 is 14.6 Å². The summed E-state index contributed by atoms with van der Waals surface area (Å²) in [7, 11) is 1.80. The van der Waals surface area contributed by atoms with Gasteiger partial charge in [0.25, 0.3) is 0 Å². The fourth-order valence-corrected chi connectivity index (χ4v) is 2.12. The first-order valence-electron chi connectivity index (χ1n) is 5.54. The van der Waals surface area contributed by atoms with Crippen LogP contribution in [-0.2, 0) is 11.3 Å². The van der Waals surface area contributed by atoms with Crippen molar-refractivity contribution in [1.82, 2.24) is 10.5 Å². The number of nitrogens with one attached hydrogen (secondary N) is 1. The first kappa shape index (κ1) is 10.6. The third-order valence-corrected chi connectivity index (χ3v) is 3.02. The minimum Gasteiger partial charge on any atom is -0.381 e. The van der Waals surface area contributed by atoms with E-state index in [-0.39, 0.29) is 0 Å². The zero-order valence-corrected chi connectivity index (χ0v) is 9.11. The van der Waals surface area contributed by atoms with Crippen molar-refractivity contribution in [2.75, 3.05) is 7.11 Å². The summed E-state index contributed by atoms with van der Waals surface area (Å²) in [6, 6.07) is 2.44. The van der Waals surface area contributed by atoms with Crippen molar-refractivity contribution in [2.24, 2.45) is 0 Å². The number of hydrogen-bond donors (Lipinski definition) is 1. The Kier molecular flexibility index (Phi) is 3.75. The van der Waals surface area contributed by atoms with Crippen molar-refractivity contribution < 1.29 is 9.26 Å². The number of methoxy groups -OCH3 is 1. The first-order valence-corrected chi connectivity index (χ1v) is 5.54. The summed E-state index contributed by atoms with van der Waals surface area (Å²) in [6.07, 6.45) is 6.86. The molecule has 1 N–H and O–H groups in total. The first-order chi connectivity index (χ1) is 7.38. The van der Waals surface area contributed by atoms with Gasteiger partial charge >= 0.3 is 0 Å². The predicted octanol–water partition coefficient (Wildman–Crippen LogP) is 1.72. The lowest BCUT2D eigenvalue weighted by atomic mass is 9.93. The Balaban J connectivity index is 1.74. The monoisotopic (exact) mass is 210 g/mol. The molecule has 1 aromatic rings. The maximum atomic E-state index is 5.38. The number of aromatic nitrogens is 1. The molecular formula is C11H18N2O2. The molecule has 0 spiro atoms. The van der Waals surface area contributed by atoms with E-state index in [9.17, 15) is 0 Å². The zero-order chi connectivity index (χ0) is 10.5. The minimum absolute atomic E-state index is 0.422. The van der Waals surface area contributed by atoms with Crippen LogP contribution in [0.1, 0.15) is 31.4 Å². The van der Waals surface area contributed by atoms with Crippen LogP contribution in [-0.4, -0.2) is 24.4 Å². The Morgan fingerprint density at radius 1 is 1.60 bits per heavy atom. The molecule has 15 heavy (non-hydrogen) atoms. The van der Waals surface area contributed by atoms with Crippen LogP contribution in [0.25, 0.3) is 0 Å². The molecule has 1 aromatic heterocycles. The van der Waals surface area contributed by atoms with E-state index in [2.05, 4.69) is 10.5 Å². The van der Waals surface area contributed by atoms with E-state index in [4.69, 9.17) is 9.26 Å². The highest BCUT2D eigenvalue weighted by Crippen LogP contribution is 2.20. The van der Waals surface area contributed by atoms with Crippen LogP contribution in [0.5, 0.6) is 0 Å². The molecule has 4 nitrogen and oxygen atoms in total. The van der Waals surface area contributed by atoms with E-state index >= 15 is 0 Å². The van der Waals surface area contributed by atoms with E-state index in [0.717, 1.165) is 18.7 Å². The molecule has 4 heteroatoms. The van der Waals surface area contributed by atoms with Gasteiger partial charge in [0.1, 0.15) is 5.76 Å². The van der Waals surface area contributed by atoms with E-state index in [1.54, 1.807) is 13.3 Å². The van der Waals surface area contributed by atoms with Gasteiger partial charge in [-0.15, -0.1) is 0 Å². The largest absolute Gasteiger partial charge is 0.381 e. The van der Waals surface area contributed by atoms with Crippen molar-refractivity contribution in [2.45, 2.75) is 44.4 Å². The fourth-order valence-electron chi connectivity index (χ4n) is 2.12. The molecule has 2 atom stereocenters. The van der Waals surface area contributed by atoms with Gasteiger partial charge in [-0.25, -0.2) is 0 Å². The predicted molar refractivity (Wildman–Crippen MR) is 56.4 cm³/mol. The third kappa shape index (κ3) is 3.04. The van der Waals surface area contributed by atoms with Gasteiger partial charge in [0.2, 0.25) is 0 Å². The van der Waals surface area contributed by atoms with Crippen LogP contribution >= 0.6 is 0 Å². The Labute approximate surface area is 90.0 Å². The maximum Gasteiger partial charge on any atom is 0.150 e. The summed E-state index contributed by atoms with van der Waals surface area (Å²) in [5.41, 5.74) is 0. The molecule has 0 aromatic carbocycles. The van der Waals surface area contributed by atoms with Gasteiger partial charge in [0.05, 0.1) is 18.8 Å². The smallest absolute Gasteiger partial charge is 0.150 e. The summed E-state index contributed by atoms with van der Waals surface area (Å²) in [5, 5.41) is 7.15. The lowest BCUT2D eigenvalue weighted by molar-refractivity contribution is 0.0582. The molecule has 0 amide bonds. The van der Waals surface area contributed by atoms with Crippen molar-refractivity contribution in [3.63, 3.8) is 0 Å². The van der Waals surface area contributed by atoms with Crippen molar-refractivity contribution in [3.05, 3.63) is 18.0 Å². The molecule has 2 unspecified atom stereocenters. The lowest BCUT2D eigenvalue weighted by Gasteiger charge is -2.28. The average Bonchev–Trinajstić information content (AvgIpc) is 2.79. The van der Waals surface area contributed by atoms with Crippen molar-refractivity contribution >= 4 is 0 Å². The molecule has 0 aliphatic heterocycles. The summed E-state index contributed by atoms with van der Waals surface area (Å²) < 4.78 is 10.4. The summed E-state index contributed by atoms with van der Waals surface area (Å²) >= 11 is 0. The number of ether oxygens (including phenoxy) is 1. The van der Waals surface area contributed by atoms with Crippen molar-refractivity contribution in [3.8, 4) is 0 Å². The SMILES string of the molecule is COC1CCCC(NCc2ccno2)C1. The van der Waals surface area contributed by atoms with Crippen LogP contribution in [0.3, 0.4) is 0 Å². The Hall–Kier alpha value is -0.870. The molecule has 1 aliphatic rings. The maximum absolute atomic E-state index is 5.38. The second-order valence-electron chi connectivity index (χ2n) is 4.08. The van der Waals surface area contributed by atoms with Crippen LogP contribution in [0.2, 0.25) is 0 Å². The summed E-state index contributed by atoms with van der Waals surface area (Å²) in [4.78, 5) is 0. The lowest BCUT2D eigenvalue weighted by Crippen LogP contribution is -2.36. The van der Waals surface area contributed by atoms with E-state index < -0.39 is 0 Å². The van der Waals surface area contributed by atoms with Gasteiger partial charge in [0, 0.05) is 19.2 Å². The second-order valence-corrected chi connectivity index (χ2v) is 4.08.